The zero-order valence-electron chi connectivity index (χ0n) is 7.93. The molecule has 0 unspecified atom stereocenters. The lowest BCUT2D eigenvalue weighted by atomic mass is 10.3. The number of hydrogen-bond acceptors (Lipinski definition) is 5. The minimum atomic E-state index is -0.386. The number of primary amides is 1. The first-order valence-corrected chi connectivity index (χ1v) is 4.65. The predicted molar refractivity (Wildman–Crippen MR) is 60.2 cm³/mol. The van der Waals surface area contributed by atoms with Crippen molar-refractivity contribution in [3.05, 3.63) is 17.8 Å². The standard InChI is InChI=1S/C8H11N5OS/c9-6(14)2-3-11-8-5(7(10)15)1-4-12-13-8/h1,4H,2-3H2,(H2,9,14)(H2,10,15)(H,11,13). The molecule has 7 heteroatoms. The molecule has 0 aromatic carbocycles. The van der Waals surface area contributed by atoms with Gasteiger partial charge in [-0.1, -0.05) is 12.2 Å². The normalized spacial score (nSPS) is 9.60. The Hall–Kier alpha value is -1.76. The van der Waals surface area contributed by atoms with E-state index >= 15 is 0 Å². The van der Waals surface area contributed by atoms with E-state index in [-0.39, 0.29) is 17.3 Å². The van der Waals surface area contributed by atoms with Gasteiger partial charge in [0.2, 0.25) is 5.91 Å². The summed E-state index contributed by atoms with van der Waals surface area (Å²) in [6.07, 6.45) is 1.71. The van der Waals surface area contributed by atoms with Crippen LogP contribution in [0.25, 0.3) is 0 Å². The van der Waals surface area contributed by atoms with Crippen molar-refractivity contribution >= 4 is 28.9 Å². The van der Waals surface area contributed by atoms with Crippen molar-refractivity contribution in [1.82, 2.24) is 10.2 Å². The molecule has 1 aromatic rings. The van der Waals surface area contributed by atoms with Gasteiger partial charge in [0.1, 0.15) is 4.99 Å². The Morgan fingerprint density at radius 3 is 2.87 bits per heavy atom. The van der Waals surface area contributed by atoms with E-state index in [9.17, 15) is 4.79 Å². The Morgan fingerprint density at radius 2 is 2.27 bits per heavy atom. The molecule has 1 heterocycles. The fourth-order valence-corrected chi connectivity index (χ4v) is 1.13. The van der Waals surface area contributed by atoms with Gasteiger partial charge in [-0.2, -0.15) is 5.10 Å². The Labute approximate surface area is 92.0 Å². The van der Waals surface area contributed by atoms with Gasteiger partial charge in [-0.05, 0) is 6.07 Å². The third kappa shape index (κ3) is 3.47. The number of nitrogens with one attached hydrogen (secondary N) is 1. The molecule has 0 saturated heterocycles. The molecule has 6 nitrogen and oxygen atoms in total. The van der Waals surface area contributed by atoms with Crippen LogP contribution in [0.5, 0.6) is 0 Å². The van der Waals surface area contributed by atoms with Crippen molar-refractivity contribution in [2.75, 3.05) is 11.9 Å². The number of nitrogens with two attached hydrogens (primary N) is 2. The van der Waals surface area contributed by atoms with E-state index in [1.165, 1.54) is 6.20 Å². The number of carbonyl (C=O) groups is 1. The molecule has 1 amide bonds. The zero-order chi connectivity index (χ0) is 11.3. The van der Waals surface area contributed by atoms with Crippen LogP contribution in [0.15, 0.2) is 12.3 Å². The molecule has 1 rings (SSSR count). The summed E-state index contributed by atoms with van der Waals surface area (Å²) < 4.78 is 0. The molecule has 0 atom stereocenters. The number of hydrogen-bond donors (Lipinski definition) is 3. The average molecular weight is 225 g/mol. The maximum Gasteiger partial charge on any atom is 0.219 e. The van der Waals surface area contributed by atoms with Crippen molar-refractivity contribution in [1.29, 1.82) is 0 Å². The number of carbonyl (C=O) groups excluding carboxylic acids is 1. The summed E-state index contributed by atoms with van der Waals surface area (Å²) in [7, 11) is 0. The van der Waals surface area contributed by atoms with E-state index in [2.05, 4.69) is 15.5 Å². The highest BCUT2D eigenvalue weighted by atomic mass is 32.1. The molecule has 0 saturated carbocycles. The van der Waals surface area contributed by atoms with Gasteiger partial charge in [-0.3, -0.25) is 4.79 Å². The van der Waals surface area contributed by atoms with Crippen molar-refractivity contribution in [3.8, 4) is 0 Å². The van der Waals surface area contributed by atoms with Crippen LogP contribution in [0.4, 0.5) is 5.82 Å². The number of thiocarbonyl (C=S) groups is 1. The minimum Gasteiger partial charge on any atom is -0.389 e. The van der Waals surface area contributed by atoms with Gasteiger partial charge >= 0.3 is 0 Å². The molecule has 0 aliphatic rings. The lowest BCUT2D eigenvalue weighted by Crippen LogP contribution is -2.19. The largest absolute Gasteiger partial charge is 0.389 e. The lowest BCUT2D eigenvalue weighted by Gasteiger charge is -2.07. The molecule has 0 bridgehead atoms. The smallest absolute Gasteiger partial charge is 0.219 e. The lowest BCUT2D eigenvalue weighted by molar-refractivity contribution is -0.117. The van der Waals surface area contributed by atoms with Crippen LogP contribution in [-0.4, -0.2) is 27.6 Å². The van der Waals surface area contributed by atoms with Crippen molar-refractivity contribution in [3.63, 3.8) is 0 Å². The van der Waals surface area contributed by atoms with Crippen LogP contribution in [-0.2, 0) is 4.79 Å². The van der Waals surface area contributed by atoms with E-state index in [4.69, 9.17) is 23.7 Å². The van der Waals surface area contributed by atoms with E-state index in [1.807, 2.05) is 0 Å². The molecule has 0 aliphatic heterocycles. The summed E-state index contributed by atoms with van der Waals surface area (Å²) in [6, 6.07) is 1.65. The molecule has 15 heavy (non-hydrogen) atoms. The van der Waals surface area contributed by atoms with Crippen molar-refractivity contribution in [2.24, 2.45) is 11.5 Å². The maximum atomic E-state index is 10.5. The van der Waals surface area contributed by atoms with Gasteiger partial charge in [0, 0.05) is 13.0 Å². The minimum absolute atomic E-state index is 0.216. The second-order valence-corrected chi connectivity index (χ2v) is 3.24. The first-order valence-electron chi connectivity index (χ1n) is 4.25. The highest BCUT2D eigenvalue weighted by molar-refractivity contribution is 7.80. The molecule has 5 N–H and O–H groups in total. The molecular weight excluding hydrogens is 214 g/mol. The van der Waals surface area contributed by atoms with Crippen molar-refractivity contribution in [2.45, 2.75) is 6.42 Å². The highest BCUT2D eigenvalue weighted by Gasteiger charge is 2.06. The van der Waals surface area contributed by atoms with Gasteiger partial charge in [0.15, 0.2) is 5.82 Å². The molecule has 80 valence electrons. The van der Waals surface area contributed by atoms with Crippen LogP contribution in [0, 0.1) is 0 Å². The number of aromatic nitrogens is 2. The summed E-state index contributed by atoms with van der Waals surface area (Å²) in [5.74, 6) is 0.0783. The van der Waals surface area contributed by atoms with E-state index in [0.29, 0.717) is 17.9 Å². The quantitative estimate of drug-likeness (QED) is 0.577. The SMILES string of the molecule is NC(=O)CCNc1nnccc1C(N)=S. The molecule has 1 aromatic heterocycles. The first kappa shape index (κ1) is 11.3. The van der Waals surface area contributed by atoms with Gasteiger partial charge in [-0.15, -0.1) is 5.10 Å². The third-order valence-electron chi connectivity index (χ3n) is 1.65. The van der Waals surface area contributed by atoms with E-state index in [1.54, 1.807) is 6.07 Å². The van der Waals surface area contributed by atoms with Crippen LogP contribution in [0.2, 0.25) is 0 Å². The number of nitrogens with zero attached hydrogens (tertiary/aromatic N) is 2. The molecule has 0 aliphatic carbocycles. The second-order valence-electron chi connectivity index (χ2n) is 2.80. The van der Waals surface area contributed by atoms with Crippen LogP contribution in [0.3, 0.4) is 0 Å². The third-order valence-corrected chi connectivity index (χ3v) is 1.87. The fraction of sp³-hybridized carbons (Fsp3) is 0.250. The molecule has 0 fully saturated rings. The maximum absolute atomic E-state index is 10.5. The topological polar surface area (TPSA) is 107 Å². The van der Waals surface area contributed by atoms with Gasteiger partial charge in [-0.25, -0.2) is 0 Å². The summed E-state index contributed by atoms with van der Waals surface area (Å²) in [6.45, 7) is 0.379. The zero-order valence-corrected chi connectivity index (χ0v) is 8.75. The Balaban J connectivity index is 2.67. The number of amides is 1. The monoisotopic (exact) mass is 225 g/mol. The summed E-state index contributed by atoms with van der Waals surface area (Å²) >= 11 is 4.83. The summed E-state index contributed by atoms with van der Waals surface area (Å²) in [5.41, 5.74) is 11.1. The molecular formula is C8H11N5OS. The first-order chi connectivity index (χ1) is 7.11. The van der Waals surface area contributed by atoms with Crippen LogP contribution in [0.1, 0.15) is 12.0 Å². The Bertz CT molecular complexity index is 381. The predicted octanol–water partition coefficient (Wildman–Crippen LogP) is -0.602. The van der Waals surface area contributed by atoms with Gasteiger partial charge in [0.25, 0.3) is 0 Å². The van der Waals surface area contributed by atoms with Crippen molar-refractivity contribution < 1.29 is 4.79 Å². The second kappa shape index (κ2) is 5.20. The molecule has 0 spiro atoms. The molecule has 0 radical (unpaired) electrons. The van der Waals surface area contributed by atoms with E-state index < -0.39 is 0 Å². The van der Waals surface area contributed by atoms with E-state index in [0.717, 1.165) is 0 Å². The fourth-order valence-electron chi connectivity index (χ4n) is 0.965. The Morgan fingerprint density at radius 1 is 1.53 bits per heavy atom. The summed E-state index contributed by atoms with van der Waals surface area (Å²) in [4.78, 5) is 10.7. The highest BCUT2D eigenvalue weighted by Crippen LogP contribution is 2.09. The Kier molecular flexibility index (Phi) is 3.92. The van der Waals surface area contributed by atoms with Gasteiger partial charge < -0.3 is 16.8 Å². The number of anilines is 1. The summed E-state index contributed by atoms with van der Waals surface area (Å²) in [5, 5.41) is 10.4. The average Bonchev–Trinajstić information content (AvgIpc) is 2.17. The number of rotatable bonds is 5. The van der Waals surface area contributed by atoms with Crippen LogP contribution < -0.4 is 16.8 Å². The van der Waals surface area contributed by atoms with Crippen LogP contribution >= 0.6 is 12.2 Å². The van der Waals surface area contributed by atoms with Gasteiger partial charge in [0.05, 0.1) is 11.8 Å².